The number of hydrogen-bond donors (Lipinski definition) is 0. The van der Waals surface area contributed by atoms with Crippen molar-refractivity contribution in [1.82, 2.24) is 0 Å². The number of benzene rings is 2. The van der Waals surface area contributed by atoms with Crippen molar-refractivity contribution in [2.24, 2.45) is 0 Å². The number of non-ortho nitro benzene ring substituents is 1. The van der Waals surface area contributed by atoms with Gasteiger partial charge < -0.3 is 0 Å². The number of nitro benzene ring substituents is 1. The molecule has 112 valence electrons. The summed E-state index contributed by atoms with van der Waals surface area (Å²) >= 11 is 5.93. The molecule has 22 heavy (non-hydrogen) atoms. The summed E-state index contributed by atoms with van der Waals surface area (Å²) in [5.74, 6) is -0.448. The molecule has 0 heterocycles. The number of carbonyl (C=O) groups excluding carboxylic acids is 2. The lowest BCUT2D eigenvalue weighted by atomic mass is 10.0. The molecule has 0 bridgehead atoms. The molecule has 0 aliphatic heterocycles. The number of Topliss-reactive ketones (excluding diaryl/α,β-unsaturated/α-hetero) is 2. The van der Waals surface area contributed by atoms with Gasteiger partial charge in [-0.25, -0.2) is 0 Å². The van der Waals surface area contributed by atoms with Crippen molar-refractivity contribution in [2.45, 2.75) is 12.8 Å². The first-order chi connectivity index (χ1) is 10.5. The zero-order valence-corrected chi connectivity index (χ0v) is 12.2. The highest BCUT2D eigenvalue weighted by molar-refractivity contribution is 6.34. The van der Waals surface area contributed by atoms with Crippen LogP contribution in [0, 0.1) is 10.1 Å². The molecule has 0 spiro atoms. The van der Waals surface area contributed by atoms with Gasteiger partial charge in [0.1, 0.15) is 0 Å². The molecule has 2 aromatic carbocycles. The van der Waals surface area contributed by atoms with Gasteiger partial charge in [-0.1, -0.05) is 23.7 Å². The molecule has 0 unspecified atom stereocenters. The van der Waals surface area contributed by atoms with Crippen LogP contribution in [-0.4, -0.2) is 16.5 Å². The van der Waals surface area contributed by atoms with Crippen LogP contribution in [0.5, 0.6) is 0 Å². The van der Waals surface area contributed by atoms with E-state index in [1.165, 1.54) is 24.3 Å². The summed E-state index contributed by atoms with van der Waals surface area (Å²) in [6.45, 7) is 0. The fourth-order valence-corrected chi connectivity index (χ4v) is 2.20. The molecule has 0 radical (unpaired) electrons. The third-order valence-electron chi connectivity index (χ3n) is 3.15. The fourth-order valence-electron chi connectivity index (χ4n) is 1.96. The largest absolute Gasteiger partial charge is 0.294 e. The molecule has 5 nitrogen and oxygen atoms in total. The molecule has 6 heteroatoms. The number of halogens is 1. The Hall–Kier alpha value is -2.53. The Kier molecular flexibility index (Phi) is 5.01. The average molecular weight is 318 g/mol. The quantitative estimate of drug-likeness (QED) is 0.456. The summed E-state index contributed by atoms with van der Waals surface area (Å²) in [5, 5.41) is 10.9. The summed E-state index contributed by atoms with van der Waals surface area (Å²) in [7, 11) is 0. The fraction of sp³-hybridized carbons (Fsp3) is 0.125. The molecule has 0 saturated carbocycles. The maximum absolute atomic E-state index is 12.0. The second-order valence-electron chi connectivity index (χ2n) is 4.63. The third-order valence-corrected chi connectivity index (χ3v) is 3.48. The topological polar surface area (TPSA) is 77.3 Å². The van der Waals surface area contributed by atoms with Gasteiger partial charge >= 0.3 is 0 Å². The molecule has 0 aliphatic rings. The Morgan fingerprint density at radius 2 is 1.55 bits per heavy atom. The van der Waals surface area contributed by atoms with Crippen molar-refractivity contribution in [1.29, 1.82) is 0 Å². The van der Waals surface area contributed by atoms with Gasteiger partial charge in [0.2, 0.25) is 0 Å². The second kappa shape index (κ2) is 6.95. The van der Waals surface area contributed by atoms with Gasteiger partial charge in [0.15, 0.2) is 11.6 Å². The van der Waals surface area contributed by atoms with Crippen molar-refractivity contribution in [3.05, 3.63) is 74.8 Å². The van der Waals surface area contributed by atoms with E-state index in [-0.39, 0.29) is 30.1 Å². The van der Waals surface area contributed by atoms with Crippen LogP contribution >= 0.6 is 11.6 Å². The van der Waals surface area contributed by atoms with E-state index < -0.39 is 4.92 Å². The monoisotopic (exact) mass is 317 g/mol. The predicted molar refractivity (Wildman–Crippen MR) is 82.4 cm³/mol. The van der Waals surface area contributed by atoms with Gasteiger partial charge in [-0.15, -0.1) is 0 Å². The lowest BCUT2D eigenvalue weighted by Crippen LogP contribution is -2.06. The maximum atomic E-state index is 12.0. The van der Waals surface area contributed by atoms with Gasteiger partial charge in [0.25, 0.3) is 5.69 Å². The van der Waals surface area contributed by atoms with E-state index >= 15 is 0 Å². The van der Waals surface area contributed by atoms with E-state index in [9.17, 15) is 19.7 Å². The molecule has 0 N–H and O–H groups in total. The lowest BCUT2D eigenvalue weighted by molar-refractivity contribution is -0.384. The third kappa shape index (κ3) is 3.77. The minimum Gasteiger partial charge on any atom is -0.294 e. The SMILES string of the molecule is O=C(CCC(=O)c1ccccc1Cl)c1ccc([N+](=O)[O-])cc1. The number of nitro groups is 1. The van der Waals surface area contributed by atoms with E-state index in [1.807, 2.05) is 0 Å². The van der Waals surface area contributed by atoms with Crippen LogP contribution in [0.3, 0.4) is 0 Å². The summed E-state index contributed by atoms with van der Waals surface area (Å²) in [6, 6.07) is 12.0. The zero-order chi connectivity index (χ0) is 16.1. The van der Waals surface area contributed by atoms with Crippen LogP contribution in [0.15, 0.2) is 48.5 Å². The summed E-state index contributed by atoms with van der Waals surface area (Å²) < 4.78 is 0. The number of ketones is 2. The molecule has 2 aromatic rings. The summed E-state index contributed by atoms with van der Waals surface area (Å²) in [5.41, 5.74) is 0.655. The molecule has 2 rings (SSSR count). The van der Waals surface area contributed by atoms with E-state index in [0.717, 1.165) is 0 Å². The Labute approximate surface area is 131 Å². The Morgan fingerprint density at radius 3 is 2.14 bits per heavy atom. The van der Waals surface area contributed by atoms with Gasteiger partial charge in [-0.05, 0) is 24.3 Å². The van der Waals surface area contributed by atoms with Crippen LogP contribution in [0.1, 0.15) is 33.6 Å². The smallest absolute Gasteiger partial charge is 0.269 e. The normalized spacial score (nSPS) is 10.2. The van der Waals surface area contributed by atoms with E-state index in [0.29, 0.717) is 16.1 Å². The molecule has 0 aromatic heterocycles. The lowest BCUT2D eigenvalue weighted by Gasteiger charge is -2.03. The highest BCUT2D eigenvalue weighted by atomic mass is 35.5. The van der Waals surface area contributed by atoms with Crippen molar-refractivity contribution < 1.29 is 14.5 Å². The van der Waals surface area contributed by atoms with Crippen molar-refractivity contribution in [2.75, 3.05) is 0 Å². The molecule has 0 aliphatic carbocycles. The Morgan fingerprint density at radius 1 is 0.955 bits per heavy atom. The molecular formula is C16H12ClNO4. The molecule has 0 fully saturated rings. The van der Waals surface area contributed by atoms with Crippen LogP contribution < -0.4 is 0 Å². The summed E-state index contributed by atoms with van der Waals surface area (Å²) in [4.78, 5) is 34.0. The van der Waals surface area contributed by atoms with Crippen molar-refractivity contribution in [3.63, 3.8) is 0 Å². The van der Waals surface area contributed by atoms with Crippen molar-refractivity contribution in [3.8, 4) is 0 Å². The van der Waals surface area contributed by atoms with Gasteiger partial charge in [0, 0.05) is 36.1 Å². The highest BCUT2D eigenvalue weighted by Crippen LogP contribution is 2.19. The molecule has 0 saturated heterocycles. The first kappa shape index (κ1) is 15.9. The number of hydrogen-bond acceptors (Lipinski definition) is 4. The molecular weight excluding hydrogens is 306 g/mol. The van der Waals surface area contributed by atoms with Crippen LogP contribution in [0.4, 0.5) is 5.69 Å². The highest BCUT2D eigenvalue weighted by Gasteiger charge is 2.14. The predicted octanol–water partition coefficient (Wildman–Crippen LogP) is 4.09. The minimum absolute atomic E-state index is 0.0296. The van der Waals surface area contributed by atoms with E-state index in [1.54, 1.807) is 24.3 Å². The van der Waals surface area contributed by atoms with E-state index in [2.05, 4.69) is 0 Å². The van der Waals surface area contributed by atoms with Gasteiger partial charge in [-0.2, -0.15) is 0 Å². The average Bonchev–Trinajstić information content (AvgIpc) is 2.52. The first-order valence-corrected chi connectivity index (χ1v) is 6.92. The minimum atomic E-state index is -0.533. The van der Waals surface area contributed by atoms with Gasteiger partial charge in [-0.3, -0.25) is 19.7 Å². The Balaban J connectivity index is 1.99. The zero-order valence-electron chi connectivity index (χ0n) is 11.5. The van der Waals surface area contributed by atoms with Crippen LogP contribution in [-0.2, 0) is 0 Å². The Bertz CT molecular complexity index is 725. The first-order valence-electron chi connectivity index (χ1n) is 6.54. The number of rotatable bonds is 6. The van der Waals surface area contributed by atoms with Crippen LogP contribution in [0.2, 0.25) is 5.02 Å². The second-order valence-corrected chi connectivity index (χ2v) is 5.04. The van der Waals surface area contributed by atoms with E-state index in [4.69, 9.17) is 11.6 Å². The number of nitrogens with zero attached hydrogens (tertiary/aromatic N) is 1. The standard InChI is InChI=1S/C16H12ClNO4/c17-14-4-2-1-3-13(14)16(20)10-9-15(19)11-5-7-12(8-6-11)18(21)22/h1-8H,9-10H2. The van der Waals surface area contributed by atoms with Crippen molar-refractivity contribution >= 4 is 28.9 Å². The van der Waals surface area contributed by atoms with Gasteiger partial charge in [0.05, 0.1) is 9.95 Å². The summed E-state index contributed by atoms with van der Waals surface area (Å²) in [6.07, 6.45) is 0.0709. The number of carbonyl (C=O) groups is 2. The maximum Gasteiger partial charge on any atom is 0.269 e. The molecule has 0 atom stereocenters. The van der Waals surface area contributed by atoms with Crippen LogP contribution in [0.25, 0.3) is 0 Å². The molecule has 0 amide bonds.